The molecule has 0 fully saturated rings. The number of aryl methyl sites for hydroxylation is 3. The van der Waals surface area contributed by atoms with Crippen LogP contribution < -0.4 is 15.4 Å². The summed E-state index contributed by atoms with van der Waals surface area (Å²) in [5.74, 6) is 0.356. The number of nitrogens with two attached hydrogens (primary N) is 1. The molecule has 35 heavy (non-hydrogen) atoms. The molecule has 0 radical (unpaired) electrons. The fourth-order valence-electron chi connectivity index (χ4n) is 4.95. The Morgan fingerprint density at radius 1 is 1.09 bits per heavy atom. The summed E-state index contributed by atoms with van der Waals surface area (Å²) in [5, 5.41) is 0. The molecular weight excluding hydrogens is 453 g/mol. The molecule has 0 saturated carbocycles. The Hall–Kier alpha value is -2.70. The van der Waals surface area contributed by atoms with Crippen LogP contribution in [0.15, 0.2) is 30.3 Å². The van der Waals surface area contributed by atoms with Crippen molar-refractivity contribution in [2.24, 2.45) is 11.1 Å². The van der Waals surface area contributed by atoms with Gasteiger partial charge in [0.25, 0.3) is 0 Å². The van der Waals surface area contributed by atoms with Crippen molar-refractivity contribution in [2.75, 3.05) is 18.1 Å². The lowest BCUT2D eigenvalue weighted by Gasteiger charge is -2.28. The Kier molecular flexibility index (Phi) is 8.39. The van der Waals surface area contributed by atoms with Gasteiger partial charge in [-0.3, -0.25) is 4.79 Å². The molecule has 192 valence electrons. The Morgan fingerprint density at radius 2 is 1.77 bits per heavy atom. The number of anilines is 1. The summed E-state index contributed by atoms with van der Waals surface area (Å²) in [6.45, 7) is 10.2. The van der Waals surface area contributed by atoms with Gasteiger partial charge in [-0.05, 0) is 97.0 Å². The second kappa shape index (κ2) is 10.9. The van der Waals surface area contributed by atoms with Crippen LogP contribution in [0.25, 0.3) is 0 Å². The van der Waals surface area contributed by atoms with Crippen molar-refractivity contribution < 1.29 is 22.7 Å². The zero-order valence-electron chi connectivity index (χ0n) is 21.2. The number of carbonyl (C=O) groups excluding carboxylic acids is 1. The average Bonchev–Trinajstić information content (AvgIpc) is 2.94. The second-order valence-electron chi connectivity index (χ2n) is 10.6. The number of hydrogen-bond donors (Lipinski definition) is 1. The van der Waals surface area contributed by atoms with Crippen LogP contribution in [0.1, 0.15) is 67.3 Å². The van der Waals surface area contributed by atoms with E-state index in [0.29, 0.717) is 12.2 Å². The van der Waals surface area contributed by atoms with Gasteiger partial charge in [0.1, 0.15) is 5.75 Å². The molecule has 0 bridgehead atoms. The van der Waals surface area contributed by atoms with E-state index in [9.17, 15) is 18.0 Å². The Bertz CT molecular complexity index is 1020. The third kappa shape index (κ3) is 7.91. The van der Waals surface area contributed by atoms with E-state index in [-0.39, 0.29) is 24.3 Å². The number of nitrogens with zero attached hydrogens (tertiary/aromatic N) is 1. The first-order valence-electron chi connectivity index (χ1n) is 12.3. The fraction of sp³-hybridized carbons (Fsp3) is 0.536. The monoisotopic (exact) mass is 490 g/mol. The molecule has 2 aromatic rings. The fourth-order valence-corrected chi connectivity index (χ4v) is 4.95. The molecule has 0 aromatic heterocycles. The van der Waals surface area contributed by atoms with Gasteiger partial charge in [0.05, 0.1) is 6.61 Å². The third-order valence-corrected chi connectivity index (χ3v) is 6.64. The van der Waals surface area contributed by atoms with E-state index in [1.54, 1.807) is 0 Å². The molecule has 0 atom stereocenters. The zero-order valence-corrected chi connectivity index (χ0v) is 21.2. The standard InChI is InChI=1S/C28H37F3N2O2/c1-19-13-23(14-20(2)25(19)16-27(3,4)17-26(32)34)33-11-5-7-21-15-24(9-8-22(21)18-33)35-12-6-10-28(29,30)31/h8-9,13-15H,5-7,10-12,16-18H2,1-4H3,(H2,32,34). The van der Waals surface area contributed by atoms with Crippen molar-refractivity contribution in [1.29, 1.82) is 0 Å². The van der Waals surface area contributed by atoms with Gasteiger partial charge in [0, 0.05) is 31.6 Å². The van der Waals surface area contributed by atoms with Crippen molar-refractivity contribution in [3.63, 3.8) is 0 Å². The number of primary amides is 1. The normalized spacial score (nSPS) is 14.4. The van der Waals surface area contributed by atoms with Crippen molar-refractivity contribution in [2.45, 2.75) is 78.9 Å². The number of alkyl halides is 3. The lowest BCUT2D eigenvalue weighted by Crippen LogP contribution is -2.26. The van der Waals surface area contributed by atoms with Gasteiger partial charge in [-0.15, -0.1) is 0 Å². The number of ether oxygens (including phenoxy) is 1. The summed E-state index contributed by atoms with van der Waals surface area (Å²) >= 11 is 0. The van der Waals surface area contributed by atoms with Crippen LogP contribution in [0, 0.1) is 19.3 Å². The number of halogens is 3. The van der Waals surface area contributed by atoms with Crippen LogP contribution in [0.5, 0.6) is 5.75 Å². The topological polar surface area (TPSA) is 55.6 Å². The van der Waals surface area contributed by atoms with Gasteiger partial charge in [-0.1, -0.05) is 19.9 Å². The van der Waals surface area contributed by atoms with E-state index >= 15 is 0 Å². The summed E-state index contributed by atoms with van der Waals surface area (Å²) in [6, 6.07) is 10.3. The van der Waals surface area contributed by atoms with Gasteiger partial charge in [0.15, 0.2) is 0 Å². The van der Waals surface area contributed by atoms with E-state index in [0.717, 1.165) is 32.4 Å². The van der Waals surface area contributed by atoms with Gasteiger partial charge in [-0.25, -0.2) is 0 Å². The van der Waals surface area contributed by atoms with Crippen molar-refractivity contribution in [3.05, 3.63) is 58.1 Å². The Labute approximate surface area is 206 Å². The highest BCUT2D eigenvalue weighted by atomic mass is 19.4. The molecule has 1 amide bonds. The summed E-state index contributed by atoms with van der Waals surface area (Å²) in [4.78, 5) is 13.8. The average molecular weight is 491 g/mol. The first kappa shape index (κ1) is 26.9. The Morgan fingerprint density at radius 3 is 2.40 bits per heavy atom. The zero-order chi connectivity index (χ0) is 25.8. The van der Waals surface area contributed by atoms with E-state index in [4.69, 9.17) is 10.5 Å². The number of amides is 1. The Balaban J connectivity index is 1.71. The van der Waals surface area contributed by atoms with Crippen LogP contribution >= 0.6 is 0 Å². The van der Waals surface area contributed by atoms with Crippen LogP contribution in [0.4, 0.5) is 18.9 Å². The third-order valence-electron chi connectivity index (χ3n) is 6.64. The predicted octanol–water partition coefficient (Wildman–Crippen LogP) is 6.42. The minimum atomic E-state index is -4.14. The van der Waals surface area contributed by atoms with Gasteiger partial charge in [0.2, 0.25) is 5.91 Å². The van der Waals surface area contributed by atoms with Gasteiger partial charge < -0.3 is 15.4 Å². The van der Waals surface area contributed by atoms with Gasteiger partial charge >= 0.3 is 6.18 Å². The summed E-state index contributed by atoms with van der Waals surface area (Å²) in [6.07, 6.45) is -1.98. The van der Waals surface area contributed by atoms with Crippen molar-refractivity contribution in [3.8, 4) is 5.75 Å². The number of benzene rings is 2. The first-order valence-corrected chi connectivity index (χ1v) is 12.3. The van der Waals surface area contributed by atoms with Crippen LogP contribution in [-0.4, -0.2) is 25.2 Å². The molecule has 0 spiro atoms. The molecule has 0 saturated heterocycles. The second-order valence-corrected chi connectivity index (χ2v) is 10.6. The lowest BCUT2D eigenvalue weighted by molar-refractivity contribution is -0.136. The number of rotatable bonds is 9. The molecule has 0 unspecified atom stereocenters. The number of carbonyl (C=O) groups is 1. The quantitative estimate of drug-likeness (QED) is 0.413. The van der Waals surface area contributed by atoms with Crippen molar-refractivity contribution >= 4 is 11.6 Å². The molecule has 0 aliphatic carbocycles. The van der Waals surface area contributed by atoms with E-state index < -0.39 is 12.6 Å². The molecule has 1 aliphatic rings. The van der Waals surface area contributed by atoms with Crippen LogP contribution in [-0.2, 0) is 24.2 Å². The molecule has 1 aliphatic heterocycles. The lowest BCUT2D eigenvalue weighted by atomic mass is 9.80. The van der Waals surface area contributed by atoms with Crippen molar-refractivity contribution in [1.82, 2.24) is 0 Å². The van der Waals surface area contributed by atoms with E-state index in [2.05, 4.69) is 44.7 Å². The number of hydrogen-bond acceptors (Lipinski definition) is 3. The highest BCUT2D eigenvalue weighted by molar-refractivity contribution is 5.74. The molecule has 7 heteroatoms. The molecular formula is C28H37F3N2O2. The highest BCUT2D eigenvalue weighted by Gasteiger charge is 2.26. The van der Waals surface area contributed by atoms with Gasteiger partial charge in [-0.2, -0.15) is 13.2 Å². The van der Waals surface area contributed by atoms with E-state index in [1.165, 1.54) is 33.5 Å². The van der Waals surface area contributed by atoms with Crippen LogP contribution in [0.2, 0.25) is 0 Å². The molecule has 2 aromatic carbocycles. The maximum atomic E-state index is 12.3. The summed E-state index contributed by atoms with van der Waals surface area (Å²) in [5.41, 5.74) is 12.5. The molecule has 4 nitrogen and oxygen atoms in total. The largest absolute Gasteiger partial charge is 0.494 e. The maximum Gasteiger partial charge on any atom is 0.389 e. The van der Waals surface area contributed by atoms with Crippen LogP contribution in [0.3, 0.4) is 0 Å². The molecule has 1 heterocycles. The molecule has 2 N–H and O–H groups in total. The SMILES string of the molecule is Cc1cc(N2CCCc3cc(OCCCC(F)(F)F)ccc3C2)cc(C)c1CC(C)(C)CC(N)=O. The smallest absolute Gasteiger partial charge is 0.389 e. The van der Waals surface area contributed by atoms with E-state index in [1.807, 2.05) is 18.2 Å². The predicted molar refractivity (Wildman–Crippen MR) is 134 cm³/mol. The minimum Gasteiger partial charge on any atom is -0.494 e. The maximum absolute atomic E-state index is 12.3. The minimum absolute atomic E-state index is 0.0389. The molecule has 3 rings (SSSR count). The summed E-state index contributed by atoms with van der Waals surface area (Å²) in [7, 11) is 0. The first-order chi connectivity index (χ1) is 16.3. The number of fused-ring (bicyclic) bond motifs is 1. The highest BCUT2D eigenvalue weighted by Crippen LogP contribution is 2.33. The summed E-state index contributed by atoms with van der Waals surface area (Å²) < 4.78 is 42.6.